The van der Waals surface area contributed by atoms with Gasteiger partial charge in [0.25, 0.3) is 0 Å². The van der Waals surface area contributed by atoms with E-state index in [1.54, 1.807) is 0 Å². The topological polar surface area (TPSA) is 23.5 Å². The molecule has 0 aromatic heterocycles. The van der Waals surface area contributed by atoms with Gasteiger partial charge < -0.3 is 5.11 Å². The number of β-amino-alcohol motifs (C(OH)–C–C–N with tert-alkyl or cyclic N) is 1. The molecule has 0 amide bonds. The van der Waals surface area contributed by atoms with Crippen LogP contribution in [-0.2, 0) is 5.41 Å². The van der Waals surface area contributed by atoms with Gasteiger partial charge in [-0.1, -0.05) is 45.0 Å². The van der Waals surface area contributed by atoms with Gasteiger partial charge in [0.05, 0.1) is 6.10 Å². The summed E-state index contributed by atoms with van der Waals surface area (Å²) >= 11 is 0. The lowest BCUT2D eigenvalue weighted by Gasteiger charge is -2.25. The maximum Gasteiger partial charge on any atom is 0.0679 e. The van der Waals surface area contributed by atoms with E-state index in [0.717, 1.165) is 19.5 Å². The van der Waals surface area contributed by atoms with Crippen molar-refractivity contribution in [3.05, 3.63) is 35.4 Å². The summed E-state index contributed by atoms with van der Waals surface area (Å²) < 4.78 is 0. The van der Waals surface area contributed by atoms with Crippen molar-refractivity contribution in [1.29, 1.82) is 0 Å². The first kappa shape index (κ1) is 13.6. The van der Waals surface area contributed by atoms with Crippen LogP contribution >= 0.6 is 0 Å². The number of rotatable bonds is 2. The van der Waals surface area contributed by atoms with E-state index in [-0.39, 0.29) is 11.5 Å². The van der Waals surface area contributed by atoms with Gasteiger partial charge in [-0.15, -0.1) is 0 Å². The van der Waals surface area contributed by atoms with Crippen molar-refractivity contribution in [3.8, 4) is 0 Å². The SMILES string of the molecule is CC(c1ccc(C(C)(C)C)cc1)N1CC[C@H](O)C1. The fourth-order valence-corrected chi connectivity index (χ4v) is 2.59. The molecule has 1 fully saturated rings. The van der Waals surface area contributed by atoms with Crippen LogP contribution in [0.1, 0.15) is 51.3 Å². The summed E-state index contributed by atoms with van der Waals surface area (Å²) in [6.07, 6.45) is 0.769. The molecule has 1 aliphatic rings. The third kappa shape index (κ3) is 2.93. The van der Waals surface area contributed by atoms with E-state index < -0.39 is 0 Å². The molecule has 1 aromatic rings. The maximum atomic E-state index is 9.60. The summed E-state index contributed by atoms with van der Waals surface area (Å²) in [6.45, 7) is 10.8. The Bertz CT molecular complexity index is 391. The van der Waals surface area contributed by atoms with Crippen LogP contribution < -0.4 is 0 Å². The summed E-state index contributed by atoms with van der Waals surface area (Å²) in [7, 11) is 0. The van der Waals surface area contributed by atoms with Crippen molar-refractivity contribution in [2.24, 2.45) is 0 Å². The molecular weight excluding hydrogens is 222 g/mol. The molecule has 1 aliphatic heterocycles. The number of likely N-dealkylation sites (tertiary alicyclic amines) is 1. The number of aliphatic hydroxyl groups is 1. The van der Waals surface area contributed by atoms with Crippen molar-refractivity contribution in [2.45, 2.75) is 51.7 Å². The Morgan fingerprint density at radius 3 is 2.28 bits per heavy atom. The maximum absolute atomic E-state index is 9.60. The first-order chi connectivity index (χ1) is 8.38. The van der Waals surface area contributed by atoms with E-state index in [2.05, 4.69) is 56.9 Å². The lowest BCUT2D eigenvalue weighted by atomic mass is 9.86. The van der Waals surface area contributed by atoms with E-state index in [9.17, 15) is 5.11 Å². The molecule has 2 atom stereocenters. The first-order valence-electron chi connectivity index (χ1n) is 6.90. The lowest BCUT2D eigenvalue weighted by Crippen LogP contribution is -2.25. The third-order valence-corrected chi connectivity index (χ3v) is 4.00. The molecule has 0 aliphatic carbocycles. The van der Waals surface area contributed by atoms with Crippen molar-refractivity contribution in [1.82, 2.24) is 4.90 Å². The van der Waals surface area contributed by atoms with Gasteiger partial charge in [0.15, 0.2) is 0 Å². The molecule has 0 radical (unpaired) electrons. The molecule has 1 heterocycles. The van der Waals surface area contributed by atoms with Crippen LogP contribution in [0.25, 0.3) is 0 Å². The molecule has 2 nitrogen and oxygen atoms in total. The van der Waals surface area contributed by atoms with Gasteiger partial charge in [0.1, 0.15) is 0 Å². The van der Waals surface area contributed by atoms with Crippen LogP contribution in [0, 0.1) is 0 Å². The Morgan fingerprint density at radius 1 is 1.22 bits per heavy atom. The highest BCUT2D eigenvalue weighted by atomic mass is 16.3. The van der Waals surface area contributed by atoms with Crippen LogP contribution in [0.5, 0.6) is 0 Å². The molecular formula is C16H25NO. The van der Waals surface area contributed by atoms with Gasteiger partial charge in [-0.05, 0) is 29.9 Å². The fraction of sp³-hybridized carbons (Fsp3) is 0.625. The molecule has 1 unspecified atom stereocenters. The Balaban J connectivity index is 2.10. The second kappa shape index (κ2) is 5.02. The van der Waals surface area contributed by atoms with Crippen LogP contribution in [0.15, 0.2) is 24.3 Å². The fourth-order valence-electron chi connectivity index (χ4n) is 2.59. The average Bonchev–Trinajstić information content (AvgIpc) is 2.74. The summed E-state index contributed by atoms with van der Waals surface area (Å²) in [5.41, 5.74) is 2.93. The van der Waals surface area contributed by atoms with Gasteiger partial charge in [-0.25, -0.2) is 0 Å². The normalized spacial score (nSPS) is 23.3. The predicted molar refractivity (Wildman–Crippen MR) is 75.8 cm³/mol. The number of hydrogen-bond donors (Lipinski definition) is 1. The monoisotopic (exact) mass is 247 g/mol. The third-order valence-electron chi connectivity index (χ3n) is 4.00. The molecule has 2 rings (SSSR count). The molecule has 1 aromatic carbocycles. The molecule has 100 valence electrons. The Hall–Kier alpha value is -0.860. The summed E-state index contributed by atoms with van der Waals surface area (Å²) in [5.74, 6) is 0. The lowest BCUT2D eigenvalue weighted by molar-refractivity contribution is 0.163. The Labute approximate surface area is 111 Å². The summed E-state index contributed by atoms with van der Waals surface area (Å²) in [4.78, 5) is 2.36. The summed E-state index contributed by atoms with van der Waals surface area (Å²) in [5, 5.41) is 9.60. The van der Waals surface area contributed by atoms with Crippen molar-refractivity contribution >= 4 is 0 Å². The van der Waals surface area contributed by atoms with E-state index in [4.69, 9.17) is 0 Å². The second-order valence-electron chi connectivity index (χ2n) is 6.49. The zero-order valence-corrected chi connectivity index (χ0v) is 12.0. The van der Waals surface area contributed by atoms with E-state index in [0.29, 0.717) is 6.04 Å². The van der Waals surface area contributed by atoms with Crippen LogP contribution in [0.3, 0.4) is 0 Å². The van der Waals surface area contributed by atoms with Gasteiger partial charge in [0.2, 0.25) is 0 Å². The highest BCUT2D eigenvalue weighted by Gasteiger charge is 2.25. The molecule has 0 spiro atoms. The molecule has 2 heteroatoms. The minimum atomic E-state index is -0.138. The Morgan fingerprint density at radius 2 is 1.83 bits per heavy atom. The predicted octanol–water partition coefficient (Wildman–Crippen LogP) is 3.11. The van der Waals surface area contributed by atoms with E-state index in [1.807, 2.05) is 0 Å². The van der Waals surface area contributed by atoms with Crippen molar-refractivity contribution in [3.63, 3.8) is 0 Å². The van der Waals surface area contributed by atoms with E-state index in [1.165, 1.54) is 11.1 Å². The molecule has 0 bridgehead atoms. The van der Waals surface area contributed by atoms with Crippen LogP contribution in [0.2, 0.25) is 0 Å². The average molecular weight is 247 g/mol. The number of benzene rings is 1. The Kier molecular flexibility index (Phi) is 3.79. The standard InChI is InChI=1S/C16H25NO/c1-12(17-10-9-15(18)11-17)13-5-7-14(8-6-13)16(2,3)4/h5-8,12,15,18H,9-11H2,1-4H3/t12?,15-/m0/s1. The molecule has 1 N–H and O–H groups in total. The van der Waals surface area contributed by atoms with Gasteiger partial charge in [0, 0.05) is 19.1 Å². The quantitative estimate of drug-likeness (QED) is 0.868. The zero-order chi connectivity index (χ0) is 13.3. The first-order valence-corrected chi connectivity index (χ1v) is 6.90. The second-order valence-corrected chi connectivity index (χ2v) is 6.49. The van der Waals surface area contributed by atoms with E-state index >= 15 is 0 Å². The van der Waals surface area contributed by atoms with Gasteiger partial charge in [-0.2, -0.15) is 0 Å². The minimum absolute atomic E-state index is 0.138. The van der Waals surface area contributed by atoms with Crippen LogP contribution in [0.4, 0.5) is 0 Å². The molecule has 18 heavy (non-hydrogen) atoms. The van der Waals surface area contributed by atoms with Crippen molar-refractivity contribution < 1.29 is 5.11 Å². The highest BCUT2D eigenvalue weighted by molar-refractivity contribution is 5.29. The number of aliphatic hydroxyl groups excluding tert-OH is 1. The molecule has 1 saturated heterocycles. The largest absolute Gasteiger partial charge is 0.392 e. The van der Waals surface area contributed by atoms with Gasteiger partial charge in [-0.3, -0.25) is 4.90 Å². The smallest absolute Gasteiger partial charge is 0.0679 e. The molecule has 0 saturated carbocycles. The summed E-state index contributed by atoms with van der Waals surface area (Å²) in [6, 6.07) is 9.33. The number of hydrogen-bond acceptors (Lipinski definition) is 2. The number of nitrogens with zero attached hydrogens (tertiary/aromatic N) is 1. The van der Waals surface area contributed by atoms with Crippen molar-refractivity contribution in [2.75, 3.05) is 13.1 Å². The highest BCUT2D eigenvalue weighted by Crippen LogP contribution is 2.27. The van der Waals surface area contributed by atoms with Crippen LogP contribution in [-0.4, -0.2) is 29.2 Å². The van der Waals surface area contributed by atoms with Gasteiger partial charge >= 0.3 is 0 Å². The minimum Gasteiger partial charge on any atom is -0.392 e. The zero-order valence-electron chi connectivity index (χ0n) is 12.0.